The van der Waals surface area contributed by atoms with Crippen LogP contribution in [-0.2, 0) is 4.79 Å². The summed E-state index contributed by atoms with van der Waals surface area (Å²) in [6.45, 7) is 7.44. The maximum absolute atomic E-state index is 11.7. The number of carbonyl (C=O) groups is 2. The second-order valence-corrected chi connectivity index (χ2v) is 5.82. The third-order valence-corrected chi connectivity index (χ3v) is 3.47. The summed E-state index contributed by atoms with van der Waals surface area (Å²) >= 11 is 0. The minimum atomic E-state index is -0.982. The van der Waals surface area contributed by atoms with Gasteiger partial charge in [0.15, 0.2) is 0 Å². The minimum Gasteiger partial charge on any atom is -0.480 e. The normalized spacial score (nSPS) is 17.8. The Bertz CT molecular complexity index is 315. The molecular formula is C14H27N3O3. The Kier molecular flexibility index (Phi) is 7.36. The molecule has 0 saturated carbocycles. The van der Waals surface area contributed by atoms with E-state index in [4.69, 9.17) is 5.11 Å². The summed E-state index contributed by atoms with van der Waals surface area (Å²) in [5, 5.41) is 14.3. The van der Waals surface area contributed by atoms with E-state index in [1.54, 1.807) is 0 Å². The first-order chi connectivity index (χ1) is 9.49. The highest BCUT2D eigenvalue weighted by Crippen LogP contribution is 2.07. The second kappa shape index (κ2) is 8.79. The molecular weight excluding hydrogens is 258 g/mol. The Labute approximate surface area is 120 Å². The molecule has 0 aromatic heterocycles. The fourth-order valence-corrected chi connectivity index (χ4v) is 2.41. The molecule has 1 fully saturated rings. The summed E-state index contributed by atoms with van der Waals surface area (Å²) < 4.78 is 0. The number of carbonyl (C=O) groups excluding carboxylic acids is 1. The number of aliphatic carboxylic acids is 1. The molecule has 1 rings (SSSR count). The summed E-state index contributed by atoms with van der Waals surface area (Å²) in [5.41, 5.74) is 0. The predicted octanol–water partition coefficient (Wildman–Crippen LogP) is 1.27. The van der Waals surface area contributed by atoms with Crippen molar-refractivity contribution in [1.82, 2.24) is 15.5 Å². The molecule has 20 heavy (non-hydrogen) atoms. The number of rotatable bonds is 7. The fraction of sp³-hybridized carbons (Fsp3) is 0.857. The lowest BCUT2D eigenvalue weighted by Gasteiger charge is -2.26. The van der Waals surface area contributed by atoms with Crippen LogP contribution >= 0.6 is 0 Å². The Hall–Kier alpha value is -1.30. The molecule has 0 aromatic rings. The molecule has 116 valence electrons. The molecule has 0 aromatic carbocycles. The quantitative estimate of drug-likeness (QED) is 0.658. The van der Waals surface area contributed by atoms with Crippen LogP contribution in [0.1, 0.15) is 39.5 Å². The van der Waals surface area contributed by atoms with E-state index in [1.165, 1.54) is 19.3 Å². The Morgan fingerprint density at radius 3 is 2.40 bits per heavy atom. The van der Waals surface area contributed by atoms with E-state index in [-0.39, 0.29) is 5.92 Å². The van der Waals surface area contributed by atoms with E-state index in [2.05, 4.69) is 15.5 Å². The van der Waals surface area contributed by atoms with E-state index in [1.807, 2.05) is 13.8 Å². The Balaban J connectivity index is 2.21. The largest absolute Gasteiger partial charge is 0.480 e. The number of likely N-dealkylation sites (tertiary alicyclic amines) is 1. The van der Waals surface area contributed by atoms with Gasteiger partial charge in [0.2, 0.25) is 0 Å². The van der Waals surface area contributed by atoms with Crippen molar-refractivity contribution >= 4 is 12.0 Å². The van der Waals surface area contributed by atoms with E-state index < -0.39 is 18.0 Å². The summed E-state index contributed by atoms with van der Waals surface area (Å²) in [6, 6.07) is -1.21. The molecule has 6 heteroatoms. The average molecular weight is 285 g/mol. The highest BCUT2D eigenvalue weighted by atomic mass is 16.4. The van der Waals surface area contributed by atoms with Crippen molar-refractivity contribution in [1.29, 1.82) is 0 Å². The Morgan fingerprint density at radius 2 is 1.85 bits per heavy atom. The van der Waals surface area contributed by atoms with Crippen molar-refractivity contribution in [2.24, 2.45) is 5.92 Å². The third kappa shape index (κ3) is 6.75. The second-order valence-electron chi connectivity index (χ2n) is 5.82. The van der Waals surface area contributed by atoms with E-state index in [0.717, 1.165) is 19.6 Å². The Morgan fingerprint density at radius 1 is 1.20 bits per heavy atom. The lowest BCUT2D eigenvalue weighted by Crippen LogP contribution is -2.48. The van der Waals surface area contributed by atoms with Crippen molar-refractivity contribution in [3.8, 4) is 0 Å². The molecule has 1 atom stereocenters. The van der Waals surface area contributed by atoms with Gasteiger partial charge in [-0.2, -0.15) is 0 Å². The lowest BCUT2D eigenvalue weighted by molar-refractivity contribution is -0.139. The number of hydrogen-bond acceptors (Lipinski definition) is 3. The molecule has 6 nitrogen and oxygen atoms in total. The summed E-state index contributed by atoms with van der Waals surface area (Å²) in [6.07, 6.45) is 4.18. The number of carboxylic acid groups (broad SMARTS) is 1. The topological polar surface area (TPSA) is 81.7 Å². The molecule has 1 saturated heterocycles. The molecule has 2 amide bonds. The SMILES string of the molecule is CC(C)CC(NC(=O)NCCN1CCCCC1)C(=O)O. The number of hydrogen-bond donors (Lipinski definition) is 3. The maximum Gasteiger partial charge on any atom is 0.326 e. The van der Waals surface area contributed by atoms with Crippen LogP contribution in [0.15, 0.2) is 0 Å². The zero-order valence-corrected chi connectivity index (χ0v) is 12.5. The van der Waals surface area contributed by atoms with Crippen LogP contribution in [0.25, 0.3) is 0 Å². The van der Waals surface area contributed by atoms with Gasteiger partial charge >= 0.3 is 12.0 Å². The van der Waals surface area contributed by atoms with Crippen molar-refractivity contribution in [3.63, 3.8) is 0 Å². The molecule has 0 bridgehead atoms. The fourth-order valence-electron chi connectivity index (χ4n) is 2.41. The third-order valence-electron chi connectivity index (χ3n) is 3.47. The van der Waals surface area contributed by atoms with Crippen molar-refractivity contribution in [3.05, 3.63) is 0 Å². The van der Waals surface area contributed by atoms with Gasteiger partial charge in [-0.05, 0) is 38.3 Å². The van der Waals surface area contributed by atoms with Gasteiger partial charge in [0, 0.05) is 13.1 Å². The van der Waals surface area contributed by atoms with Gasteiger partial charge < -0.3 is 20.6 Å². The van der Waals surface area contributed by atoms with Gasteiger partial charge in [-0.25, -0.2) is 9.59 Å². The molecule has 1 aliphatic heterocycles. The van der Waals surface area contributed by atoms with Gasteiger partial charge in [0.05, 0.1) is 0 Å². The zero-order valence-electron chi connectivity index (χ0n) is 12.5. The van der Waals surface area contributed by atoms with E-state index >= 15 is 0 Å². The van der Waals surface area contributed by atoms with Crippen LogP contribution in [0.3, 0.4) is 0 Å². The number of piperidine rings is 1. The molecule has 0 spiro atoms. The first-order valence-electron chi connectivity index (χ1n) is 7.48. The summed E-state index contributed by atoms with van der Waals surface area (Å²) in [4.78, 5) is 25.0. The van der Waals surface area contributed by atoms with Gasteiger partial charge in [0.25, 0.3) is 0 Å². The summed E-state index contributed by atoms with van der Waals surface area (Å²) in [7, 11) is 0. The van der Waals surface area contributed by atoms with Crippen molar-refractivity contribution in [2.75, 3.05) is 26.2 Å². The number of nitrogens with one attached hydrogen (secondary N) is 2. The van der Waals surface area contributed by atoms with Crippen LogP contribution in [-0.4, -0.2) is 54.2 Å². The standard InChI is InChI=1S/C14H27N3O3/c1-11(2)10-12(13(18)19)16-14(20)15-6-9-17-7-4-3-5-8-17/h11-12H,3-10H2,1-2H3,(H,18,19)(H2,15,16,20). The number of amides is 2. The minimum absolute atomic E-state index is 0.227. The highest BCUT2D eigenvalue weighted by Gasteiger charge is 2.20. The van der Waals surface area contributed by atoms with E-state index in [9.17, 15) is 9.59 Å². The van der Waals surface area contributed by atoms with Crippen LogP contribution in [0, 0.1) is 5.92 Å². The molecule has 1 heterocycles. The van der Waals surface area contributed by atoms with Crippen LogP contribution < -0.4 is 10.6 Å². The molecule has 0 radical (unpaired) electrons. The number of urea groups is 1. The van der Waals surface area contributed by atoms with Gasteiger partial charge in [0.1, 0.15) is 6.04 Å². The number of carboxylic acids is 1. The summed E-state index contributed by atoms with van der Waals surface area (Å²) in [5.74, 6) is -0.755. The van der Waals surface area contributed by atoms with Crippen LogP contribution in [0.2, 0.25) is 0 Å². The first kappa shape index (κ1) is 16.8. The molecule has 1 aliphatic rings. The molecule has 0 aliphatic carbocycles. The van der Waals surface area contributed by atoms with Crippen LogP contribution in [0.4, 0.5) is 4.79 Å². The molecule has 3 N–H and O–H groups in total. The number of nitrogens with zero attached hydrogens (tertiary/aromatic N) is 1. The first-order valence-corrected chi connectivity index (χ1v) is 7.48. The highest BCUT2D eigenvalue weighted by molar-refractivity contribution is 5.82. The monoisotopic (exact) mass is 285 g/mol. The van der Waals surface area contributed by atoms with Gasteiger partial charge in [-0.15, -0.1) is 0 Å². The zero-order chi connectivity index (χ0) is 15.0. The van der Waals surface area contributed by atoms with Gasteiger partial charge in [-0.3, -0.25) is 0 Å². The van der Waals surface area contributed by atoms with Crippen molar-refractivity contribution in [2.45, 2.75) is 45.6 Å². The van der Waals surface area contributed by atoms with Crippen molar-refractivity contribution < 1.29 is 14.7 Å². The van der Waals surface area contributed by atoms with Crippen LogP contribution in [0.5, 0.6) is 0 Å². The van der Waals surface area contributed by atoms with E-state index in [0.29, 0.717) is 13.0 Å². The van der Waals surface area contributed by atoms with Gasteiger partial charge in [-0.1, -0.05) is 20.3 Å². The predicted molar refractivity (Wildman–Crippen MR) is 77.7 cm³/mol. The average Bonchev–Trinajstić information content (AvgIpc) is 2.38. The lowest BCUT2D eigenvalue weighted by atomic mass is 10.0. The smallest absolute Gasteiger partial charge is 0.326 e. The molecule has 1 unspecified atom stereocenters. The maximum atomic E-state index is 11.7.